The quantitative estimate of drug-likeness (QED) is 0.570. The van der Waals surface area contributed by atoms with Crippen LogP contribution in [0.1, 0.15) is 44.9 Å². The van der Waals surface area contributed by atoms with Gasteiger partial charge in [0.1, 0.15) is 0 Å². The van der Waals surface area contributed by atoms with Crippen molar-refractivity contribution in [3.05, 3.63) is 0 Å². The summed E-state index contributed by atoms with van der Waals surface area (Å²) in [4.78, 5) is 32.8. The predicted octanol–water partition coefficient (Wildman–Crippen LogP) is 1.26. The van der Waals surface area contributed by atoms with Crippen molar-refractivity contribution in [2.45, 2.75) is 44.9 Å². The highest BCUT2D eigenvalue weighted by molar-refractivity contribution is 5.94. The SMILES string of the molecule is O=C(O)CCCCC(=O)NC(=O)NCCC1CC1. The lowest BCUT2D eigenvalue weighted by Crippen LogP contribution is -2.39. The van der Waals surface area contributed by atoms with Crippen LogP contribution in [0.3, 0.4) is 0 Å². The molecular formula is C12H20N2O4. The first-order valence-corrected chi connectivity index (χ1v) is 6.37. The molecule has 0 atom stereocenters. The smallest absolute Gasteiger partial charge is 0.321 e. The molecule has 18 heavy (non-hydrogen) atoms. The molecule has 0 aromatic rings. The molecule has 0 aromatic carbocycles. The zero-order chi connectivity index (χ0) is 13.4. The van der Waals surface area contributed by atoms with Crippen LogP contribution in [0.2, 0.25) is 0 Å². The van der Waals surface area contributed by atoms with E-state index in [-0.39, 0.29) is 18.7 Å². The zero-order valence-corrected chi connectivity index (χ0v) is 10.4. The van der Waals surface area contributed by atoms with Crippen molar-refractivity contribution in [2.75, 3.05) is 6.54 Å². The standard InChI is InChI=1S/C12H20N2O4/c15-10(3-1-2-4-11(16)17)14-12(18)13-8-7-9-5-6-9/h9H,1-8H2,(H,16,17)(H2,13,14,15,18). The van der Waals surface area contributed by atoms with E-state index in [0.29, 0.717) is 19.4 Å². The van der Waals surface area contributed by atoms with E-state index >= 15 is 0 Å². The van der Waals surface area contributed by atoms with Gasteiger partial charge in [-0.2, -0.15) is 0 Å². The summed E-state index contributed by atoms with van der Waals surface area (Å²) in [5, 5.41) is 13.3. The molecule has 3 amide bonds. The molecule has 0 aliphatic heterocycles. The van der Waals surface area contributed by atoms with Crippen LogP contribution in [0, 0.1) is 5.92 Å². The first kappa shape index (κ1) is 14.5. The lowest BCUT2D eigenvalue weighted by molar-refractivity contribution is -0.137. The number of hydrogen-bond acceptors (Lipinski definition) is 3. The van der Waals surface area contributed by atoms with Gasteiger partial charge in [0.05, 0.1) is 0 Å². The second kappa shape index (κ2) is 7.68. The molecule has 1 rings (SSSR count). The number of imide groups is 1. The average molecular weight is 256 g/mol. The highest BCUT2D eigenvalue weighted by Gasteiger charge is 2.20. The molecule has 1 aliphatic carbocycles. The first-order chi connectivity index (χ1) is 8.58. The van der Waals surface area contributed by atoms with Gasteiger partial charge in [0, 0.05) is 19.4 Å². The Hall–Kier alpha value is -1.59. The van der Waals surface area contributed by atoms with Crippen molar-refractivity contribution in [2.24, 2.45) is 5.92 Å². The minimum Gasteiger partial charge on any atom is -0.481 e. The molecule has 6 nitrogen and oxygen atoms in total. The van der Waals surface area contributed by atoms with Crippen LogP contribution >= 0.6 is 0 Å². The lowest BCUT2D eigenvalue weighted by atomic mass is 10.2. The van der Waals surface area contributed by atoms with E-state index in [0.717, 1.165) is 12.3 Å². The number of carbonyl (C=O) groups excluding carboxylic acids is 2. The van der Waals surface area contributed by atoms with Gasteiger partial charge in [0.25, 0.3) is 0 Å². The molecule has 1 saturated carbocycles. The van der Waals surface area contributed by atoms with E-state index in [1.54, 1.807) is 0 Å². The van der Waals surface area contributed by atoms with Gasteiger partial charge in [-0.05, 0) is 25.2 Å². The first-order valence-electron chi connectivity index (χ1n) is 6.37. The number of rotatable bonds is 8. The van der Waals surface area contributed by atoms with Gasteiger partial charge >= 0.3 is 12.0 Å². The zero-order valence-electron chi connectivity index (χ0n) is 10.4. The van der Waals surface area contributed by atoms with Crippen LogP contribution in [0.4, 0.5) is 4.79 Å². The number of hydrogen-bond donors (Lipinski definition) is 3. The fourth-order valence-corrected chi connectivity index (χ4v) is 1.59. The molecule has 0 spiro atoms. The number of urea groups is 1. The number of unbranched alkanes of at least 4 members (excludes halogenated alkanes) is 1. The Morgan fingerprint density at radius 2 is 1.78 bits per heavy atom. The van der Waals surface area contributed by atoms with E-state index in [1.807, 2.05) is 0 Å². The van der Waals surface area contributed by atoms with Gasteiger partial charge in [-0.25, -0.2) is 4.79 Å². The Morgan fingerprint density at radius 1 is 1.11 bits per heavy atom. The van der Waals surface area contributed by atoms with Crippen molar-refractivity contribution in [3.63, 3.8) is 0 Å². The van der Waals surface area contributed by atoms with E-state index in [1.165, 1.54) is 12.8 Å². The van der Waals surface area contributed by atoms with Crippen LogP contribution in [0.15, 0.2) is 0 Å². The molecule has 0 unspecified atom stereocenters. The summed E-state index contributed by atoms with van der Waals surface area (Å²) >= 11 is 0. The summed E-state index contributed by atoms with van der Waals surface area (Å²) in [6, 6.07) is -0.459. The largest absolute Gasteiger partial charge is 0.481 e. The summed E-state index contributed by atoms with van der Waals surface area (Å²) in [7, 11) is 0. The number of carbonyl (C=O) groups is 3. The molecule has 6 heteroatoms. The van der Waals surface area contributed by atoms with Gasteiger partial charge < -0.3 is 10.4 Å². The van der Waals surface area contributed by atoms with E-state index in [2.05, 4.69) is 10.6 Å². The van der Waals surface area contributed by atoms with Crippen LogP contribution in [0.5, 0.6) is 0 Å². The fraction of sp³-hybridized carbons (Fsp3) is 0.750. The van der Waals surface area contributed by atoms with Gasteiger partial charge in [-0.15, -0.1) is 0 Å². The van der Waals surface area contributed by atoms with E-state index < -0.39 is 12.0 Å². The summed E-state index contributed by atoms with van der Waals surface area (Å²) in [5.41, 5.74) is 0. The van der Waals surface area contributed by atoms with Crippen LogP contribution in [-0.4, -0.2) is 29.6 Å². The number of aliphatic carboxylic acids is 1. The molecular weight excluding hydrogens is 236 g/mol. The maximum absolute atomic E-state index is 11.3. The Labute approximate surface area is 106 Å². The Morgan fingerprint density at radius 3 is 2.39 bits per heavy atom. The lowest BCUT2D eigenvalue weighted by Gasteiger charge is -2.05. The predicted molar refractivity (Wildman–Crippen MR) is 65.0 cm³/mol. The van der Waals surface area contributed by atoms with Crippen molar-refractivity contribution < 1.29 is 19.5 Å². The second-order valence-corrected chi connectivity index (χ2v) is 4.64. The van der Waals surface area contributed by atoms with Crippen LogP contribution in [-0.2, 0) is 9.59 Å². The molecule has 1 aliphatic rings. The van der Waals surface area contributed by atoms with E-state index in [4.69, 9.17) is 5.11 Å². The second-order valence-electron chi connectivity index (χ2n) is 4.64. The summed E-state index contributed by atoms with van der Waals surface area (Å²) in [6.45, 7) is 0.600. The van der Waals surface area contributed by atoms with Gasteiger partial charge in [-0.1, -0.05) is 12.8 Å². The monoisotopic (exact) mass is 256 g/mol. The van der Waals surface area contributed by atoms with Crippen molar-refractivity contribution in [3.8, 4) is 0 Å². The minimum absolute atomic E-state index is 0.0564. The fourth-order valence-electron chi connectivity index (χ4n) is 1.59. The normalized spacial score (nSPS) is 14.0. The third kappa shape index (κ3) is 7.65. The van der Waals surface area contributed by atoms with Gasteiger partial charge in [0.2, 0.25) is 5.91 Å². The molecule has 0 saturated heterocycles. The molecule has 102 valence electrons. The van der Waals surface area contributed by atoms with Crippen LogP contribution in [0.25, 0.3) is 0 Å². The van der Waals surface area contributed by atoms with E-state index in [9.17, 15) is 14.4 Å². The summed E-state index contributed by atoms with van der Waals surface area (Å²) < 4.78 is 0. The molecule has 0 aromatic heterocycles. The number of amides is 3. The molecule has 0 heterocycles. The minimum atomic E-state index is -0.867. The maximum atomic E-state index is 11.3. The van der Waals surface area contributed by atoms with Crippen LogP contribution < -0.4 is 10.6 Å². The number of nitrogens with one attached hydrogen (secondary N) is 2. The summed E-state index contributed by atoms with van der Waals surface area (Å²) in [6.07, 6.45) is 4.63. The number of carboxylic acids is 1. The third-order valence-corrected chi connectivity index (χ3v) is 2.83. The maximum Gasteiger partial charge on any atom is 0.321 e. The summed E-state index contributed by atoms with van der Waals surface area (Å²) in [5.74, 6) is -0.477. The Kier molecular flexibility index (Phi) is 6.18. The van der Waals surface area contributed by atoms with Gasteiger partial charge in [-0.3, -0.25) is 14.9 Å². The highest BCUT2D eigenvalue weighted by atomic mass is 16.4. The molecule has 3 N–H and O–H groups in total. The van der Waals surface area contributed by atoms with Crippen molar-refractivity contribution >= 4 is 17.9 Å². The molecule has 0 radical (unpaired) electrons. The third-order valence-electron chi connectivity index (χ3n) is 2.83. The number of carboxylic acid groups (broad SMARTS) is 1. The Balaban J connectivity index is 1.96. The van der Waals surface area contributed by atoms with Gasteiger partial charge in [0.15, 0.2) is 0 Å². The van der Waals surface area contributed by atoms with Crippen molar-refractivity contribution in [1.29, 1.82) is 0 Å². The Bertz CT molecular complexity index is 313. The molecule has 0 bridgehead atoms. The molecule has 1 fully saturated rings. The highest BCUT2D eigenvalue weighted by Crippen LogP contribution is 2.31. The average Bonchev–Trinajstić information content (AvgIpc) is 3.08. The topological polar surface area (TPSA) is 95.5 Å². The van der Waals surface area contributed by atoms with Crippen molar-refractivity contribution in [1.82, 2.24) is 10.6 Å².